The van der Waals surface area contributed by atoms with Crippen molar-refractivity contribution in [1.29, 1.82) is 0 Å². The number of anilines is 1. The number of amides is 1. The molecule has 0 bridgehead atoms. The zero-order chi connectivity index (χ0) is 20.7. The fourth-order valence-electron chi connectivity index (χ4n) is 3.11. The number of benzene rings is 1. The average molecular weight is 396 g/mol. The molecule has 3 rings (SSSR count). The first kappa shape index (κ1) is 20.2. The van der Waals surface area contributed by atoms with Crippen LogP contribution in [0.4, 0.5) is 23.8 Å². The van der Waals surface area contributed by atoms with E-state index in [4.69, 9.17) is 4.74 Å². The third kappa shape index (κ3) is 4.45. The predicted octanol–water partition coefficient (Wildman–Crippen LogP) is 4.09. The monoisotopic (exact) mass is 396 g/mol. The van der Waals surface area contributed by atoms with Gasteiger partial charge in [0.25, 0.3) is 0 Å². The molecule has 1 aliphatic heterocycles. The van der Waals surface area contributed by atoms with Gasteiger partial charge in [-0.25, -0.2) is 9.78 Å². The van der Waals surface area contributed by atoms with Gasteiger partial charge in [0, 0.05) is 25.7 Å². The van der Waals surface area contributed by atoms with Crippen molar-refractivity contribution in [3.63, 3.8) is 0 Å². The molecule has 1 aromatic carbocycles. The summed E-state index contributed by atoms with van der Waals surface area (Å²) >= 11 is 0. The van der Waals surface area contributed by atoms with Crippen LogP contribution in [0.3, 0.4) is 0 Å². The van der Waals surface area contributed by atoms with Crippen molar-refractivity contribution in [2.24, 2.45) is 0 Å². The van der Waals surface area contributed by atoms with Crippen LogP contribution in [-0.4, -0.2) is 52.2 Å². The Hall–Kier alpha value is -2.58. The van der Waals surface area contributed by atoms with E-state index < -0.39 is 17.3 Å². The highest BCUT2D eigenvalue weighted by atomic mass is 19.4. The van der Waals surface area contributed by atoms with E-state index in [9.17, 15) is 18.0 Å². The minimum Gasteiger partial charge on any atom is -0.444 e. The Morgan fingerprint density at radius 1 is 1.18 bits per heavy atom. The van der Waals surface area contributed by atoms with Crippen molar-refractivity contribution in [3.05, 3.63) is 30.0 Å². The molecule has 6 nitrogen and oxygen atoms in total. The van der Waals surface area contributed by atoms with Crippen molar-refractivity contribution in [3.8, 4) is 0 Å². The lowest BCUT2D eigenvalue weighted by atomic mass is 10.1. The molecule has 28 heavy (non-hydrogen) atoms. The Morgan fingerprint density at radius 3 is 2.50 bits per heavy atom. The molecule has 2 aromatic rings. The molecule has 1 atom stereocenters. The number of ether oxygens (including phenoxy) is 1. The van der Waals surface area contributed by atoms with Crippen molar-refractivity contribution >= 4 is 22.9 Å². The lowest BCUT2D eigenvalue weighted by molar-refractivity contribution is -0.137. The standard InChI is InChI=1S/C19H23F3N4O2/c1-12-11-25(17(27)28-18(2,3)4)7-8-26(12)16-10-23-15-9-13(19(20,21)22)5-6-14(15)24-16/h5-6,9-10,12H,7-8,11H2,1-4H3/t12-/m0/s1. The number of hydrogen-bond donors (Lipinski definition) is 0. The zero-order valence-corrected chi connectivity index (χ0v) is 16.2. The number of fused-ring (bicyclic) bond motifs is 1. The molecule has 152 valence electrons. The summed E-state index contributed by atoms with van der Waals surface area (Å²) in [5.74, 6) is 0.573. The van der Waals surface area contributed by atoms with Crippen LogP contribution in [0.2, 0.25) is 0 Å². The van der Waals surface area contributed by atoms with Gasteiger partial charge in [0.05, 0.1) is 22.8 Å². The quantitative estimate of drug-likeness (QED) is 0.727. The second-order valence-electron chi connectivity index (χ2n) is 7.90. The summed E-state index contributed by atoms with van der Waals surface area (Å²) in [4.78, 5) is 24.5. The Labute approximate surface area is 161 Å². The fourth-order valence-corrected chi connectivity index (χ4v) is 3.11. The summed E-state index contributed by atoms with van der Waals surface area (Å²) < 4.78 is 43.9. The number of halogens is 3. The Kier molecular flexibility index (Phi) is 5.12. The van der Waals surface area contributed by atoms with Crippen LogP contribution in [0.25, 0.3) is 11.0 Å². The van der Waals surface area contributed by atoms with E-state index in [0.717, 1.165) is 12.1 Å². The van der Waals surface area contributed by atoms with Gasteiger partial charge in [-0.2, -0.15) is 13.2 Å². The van der Waals surface area contributed by atoms with Crippen LogP contribution in [0.1, 0.15) is 33.3 Å². The number of alkyl halides is 3. The highest BCUT2D eigenvalue weighted by Crippen LogP contribution is 2.31. The number of carbonyl (C=O) groups excluding carboxylic acids is 1. The summed E-state index contributed by atoms with van der Waals surface area (Å²) in [6.07, 6.45) is -3.30. The first-order chi connectivity index (χ1) is 12.9. The van der Waals surface area contributed by atoms with Crippen LogP contribution in [-0.2, 0) is 10.9 Å². The SMILES string of the molecule is C[C@H]1CN(C(=O)OC(C)(C)C)CCN1c1cnc2cc(C(F)(F)F)ccc2n1. The normalized spacial score (nSPS) is 18.5. The number of rotatable bonds is 1. The molecular formula is C19H23F3N4O2. The van der Waals surface area contributed by atoms with Gasteiger partial charge in [0.2, 0.25) is 0 Å². The molecule has 0 saturated carbocycles. The molecule has 1 fully saturated rings. The van der Waals surface area contributed by atoms with E-state index in [2.05, 4.69) is 9.97 Å². The number of nitrogens with zero attached hydrogens (tertiary/aromatic N) is 4. The Morgan fingerprint density at radius 2 is 1.89 bits per heavy atom. The van der Waals surface area contributed by atoms with Gasteiger partial charge in [-0.1, -0.05) is 0 Å². The molecule has 0 unspecified atom stereocenters. The fraction of sp³-hybridized carbons (Fsp3) is 0.526. The second kappa shape index (κ2) is 7.10. The van der Waals surface area contributed by atoms with Crippen molar-refractivity contribution in [1.82, 2.24) is 14.9 Å². The summed E-state index contributed by atoms with van der Waals surface area (Å²) in [5.41, 5.74) is -0.719. The van der Waals surface area contributed by atoms with Crippen LogP contribution in [0.15, 0.2) is 24.4 Å². The molecule has 0 aliphatic carbocycles. The smallest absolute Gasteiger partial charge is 0.416 e. The molecule has 1 saturated heterocycles. The molecule has 0 spiro atoms. The lowest BCUT2D eigenvalue weighted by Gasteiger charge is -2.40. The molecule has 1 amide bonds. The van der Waals surface area contributed by atoms with Crippen LogP contribution >= 0.6 is 0 Å². The van der Waals surface area contributed by atoms with Gasteiger partial charge in [-0.05, 0) is 45.9 Å². The number of hydrogen-bond acceptors (Lipinski definition) is 5. The maximum Gasteiger partial charge on any atom is 0.416 e. The molecule has 1 aliphatic rings. The molecule has 9 heteroatoms. The topological polar surface area (TPSA) is 58.6 Å². The van der Waals surface area contributed by atoms with Crippen LogP contribution in [0.5, 0.6) is 0 Å². The van der Waals surface area contributed by atoms with Crippen molar-refractivity contribution < 1.29 is 22.7 Å². The largest absolute Gasteiger partial charge is 0.444 e. The minimum absolute atomic E-state index is 0.0394. The summed E-state index contributed by atoms with van der Waals surface area (Å²) in [6.45, 7) is 8.86. The van der Waals surface area contributed by atoms with E-state index in [1.807, 2.05) is 32.6 Å². The van der Waals surface area contributed by atoms with E-state index >= 15 is 0 Å². The van der Waals surface area contributed by atoms with Crippen molar-refractivity contribution in [2.45, 2.75) is 45.5 Å². The highest BCUT2D eigenvalue weighted by molar-refractivity contribution is 5.76. The minimum atomic E-state index is -4.42. The highest BCUT2D eigenvalue weighted by Gasteiger charge is 2.32. The molecule has 0 N–H and O–H groups in total. The molecule has 2 heterocycles. The zero-order valence-electron chi connectivity index (χ0n) is 16.2. The maximum atomic E-state index is 12.8. The van der Waals surface area contributed by atoms with Gasteiger partial charge in [-0.15, -0.1) is 0 Å². The summed E-state index contributed by atoms with van der Waals surface area (Å²) in [5, 5.41) is 0. The van der Waals surface area contributed by atoms with Gasteiger partial charge in [-0.3, -0.25) is 4.98 Å². The van der Waals surface area contributed by atoms with E-state index in [0.29, 0.717) is 31.0 Å². The van der Waals surface area contributed by atoms with Crippen LogP contribution in [0, 0.1) is 0 Å². The Bertz CT molecular complexity index is 880. The molecule has 0 radical (unpaired) electrons. The third-order valence-corrected chi connectivity index (χ3v) is 4.43. The molecule has 1 aromatic heterocycles. The second-order valence-corrected chi connectivity index (χ2v) is 7.90. The summed E-state index contributed by atoms with van der Waals surface area (Å²) in [6, 6.07) is 3.29. The maximum absolute atomic E-state index is 12.8. The van der Waals surface area contributed by atoms with Gasteiger partial charge >= 0.3 is 12.3 Å². The summed E-state index contributed by atoms with van der Waals surface area (Å²) in [7, 11) is 0. The van der Waals surface area contributed by atoms with E-state index in [1.165, 1.54) is 12.3 Å². The van der Waals surface area contributed by atoms with Gasteiger partial charge < -0.3 is 14.5 Å². The lowest BCUT2D eigenvalue weighted by Crippen LogP contribution is -2.54. The average Bonchev–Trinajstić information content (AvgIpc) is 2.58. The third-order valence-electron chi connectivity index (χ3n) is 4.43. The predicted molar refractivity (Wildman–Crippen MR) is 99.2 cm³/mol. The first-order valence-electron chi connectivity index (χ1n) is 9.02. The van der Waals surface area contributed by atoms with Gasteiger partial charge in [0.1, 0.15) is 11.4 Å². The van der Waals surface area contributed by atoms with E-state index in [-0.39, 0.29) is 17.7 Å². The number of piperazine rings is 1. The number of aromatic nitrogens is 2. The van der Waals surface area contributed by atoms with Crippen LogP contribution < -0.4 is 4.90 Å². The van der Waals surface area contributed by atoms with E-state index in [1.54, 1.807) is 4.90 Å². The molecular weight excluding hydrogens is 373 g/mol. The Balaban J connectivity index is 1.75. The first-order valence-corrected chi connectivity index (χ1v) is 9.02. The van der Waals surface area contributed by atoms with Crippen molar-refractivity contribution in [2.75, 3.05) is 24.5 Å². The van der Waals surface area contributed by atoms with Gasteiger partial charge in [0.15, 0.2) is 0 Å². The number of carbonyl (C=O) groups is 1.